The summed E-state index contributed by atoms with van der Waals surface area (Å²) in [4.78, 5) is 23.5. The summed E-state index contributed by atoms with van der Waals surface area (Å²) in [6.45, 7) is 3.98. The van der Waals surface area contributed by atoms with Gasteiger partial charge in [-0.2, -0.15) is 0 Å². The van der Waals surface area contributed by atoms with Crippen LogP contribution in [0.25, 0.3) is 0 Å². The van der Waals surface area contributed by atoms with E-state index in [1.165, 1.54) is 11.3 Å². The molecule has 0 spiro atoms. The van der Waals surface area contributed by atoms with Gasteiger partial charge in [0, 0.05) is 24.5 Å². The quantitative estimate of drug-likeness (QED) is 0.619. The zero-order chi connectivity index (χ0) is 20.8. The molecule has 1 saturated heterocycles. The first kappa shape index (κ1) is 20.3. The molecule has 1 aliphatic rings. The van der Waals surface area contributed by atoms with Gasteiger partial charge >= 0.3 is 0 Å². The summed E-state index contributed by atoms with van der Waals surface area (Å²) < 4.78 is 16.4. The van der Waals surface area contributed by atoms with Crippen LogP contribution in [-0.2, 0) is 11.3 Å². The number of para-hydroxylation sites is 2. The van der Waals surface area contributed by atoms with Crippen LogP contribution in [0.1, 0.15) is 15.5 Å². The van der Waals surface area contributed by atoms with Crippen molar-refractivity contribution in [1.29, 1.82) is 0 Å². The van der Waals surface area contributed by atoms with E-state index < -0.39 is 0 Å². The third-order valence-corrected chi connectivity index (χ3v) is 5.36. The predicted octanol–water partition coefficient (Wildman–Crippen LogP) is 3.42. The number of hydrogen-bond donors (Lipinski definition) is 1. The SMILES string of the molecule is COc1ccccc1Oc1ccc(NC(=O)c2csc(CN3CCOCC3)n2)cn1. The van der Waals surface area contributed by atoms with Crippen molar-refractivity contribution in [3.63, 3.8) is 0 Å². The summed E-state index contributed by atoms with van der Waals surface area (Å²) in [5, 5.41) is 5.51. The molecule has 0 unspecified atom stereocenters. The minimum absolute atomic E-state index is 0.264. The molecule has 0 aliphatic carbocycles. The van der Waals surface area contributed by atoms with Gasteiger partial charge in [0.05, 0.1) is 38.8 Å². The molecule has 0 bridgehead atoms. The first-order chi connectivity index (χ1) is 14.7. The molecule has 156 valence electrons. The number of benzene rings is 1. The number of anilines is 1. The molecule has 8 nitrogen and oxygen atoms in total. The monoisotopic (exact) mass is 426 g/mol. The largest absolute Gasteiger partial charge is 0.493 e. The number of carbonyl (C=O) groups is 1. The molecule has 0 atom stereocenters. The molecule has 4 rings (SSSR count). The van der Waals surface area contributed by atoms with Crippen molar-refractivity contribution >= 4 is 22.9 Å². The number of nitrogens with one attached hydrogen (secondary N) is 1. The molecule has 3 aromatic rings. The Hall–Kier alpha value is -3.01. The minimum atomic E-state index is -0.264. The molecule has 1 aliphatic heterocycles. The Labute approximate surface area is 178 Å². The topological polar surface area (TPSA) is 85.8 Å². The molecule has 1 amide bonds. The normalized spacial score (nSPS) is 14.3. The van der Waals surface area contributed by atoms with Crippen LogP contribution in [0.15, 0.2) is 48.0 Å². The van der Waals surface area contributed by atoms with Gasteiger partial charge in [-0.05, 0) is 18.2 Å². The van der Waals surface area contributed by atoms with Crippen LogP contribution in [0.3, 0.4) is 0 Å². The zero-order valence-corrected chi connectivity index (χ0v) is 17.4. The fraction of sp³-hybridized carbons (Fsp3) is 0.286. The molecule has 0 radical (unpaired) electrons. The van der Waals surface area contributed by atoms with Crippen LogP contribution in [-0.4, -0.2) is 54.2 Å². The molecular formula is C21H22N4O4S. The summed E-state index contributed by atoms with van der Waals surface area (Å²) in [6, 6.07) is 10.7. The number of pyridine rings is 1. The van der Waals surface area contributed by atoms with Crippen LogP contribution in [0.5, 0.6) is 17.4 Å². The van der Waals surface area contributed by atoms with Crippen LogP contribution in [0.4, 0.5) is 5.69 Å². The van der Waals surface area contributed by atoms with Crippen molar-refractivity contribution < 1.29 is 19.0 Å². The van der Waals surface area contributed by atoms with Crippen LogP contribution in [0, 0.1) is 0 Å². The maximum Gasteiger partial charge on any atom is 0.275 e. The number of carbonyl (C=O) groups excluding carboxylic acids is 1. The number of hydrogen-bond acceptors (Lipinski definition) is 8. The fourth-order valence-electron chi connectivity index (χ4n) is 2.96. The summed E-state index contributed by atoms with van der Waals surface area (Å²) >= 11 is 1.49. The number of rotatable bonds is 7. The van der Waals surface area contributed by atoms with Crippen molar-refractivity contribution in [2.45, 2.75) is 6.54 Å². The van der Waals surface area contributed by atoms with Gasteiger partial charge in [-0.1, -0.05) is 12.1 Å². The highest BCUT2D eigenvalue weighted by Gasteiger charge is 2.16. The van der Waals surface area contributed by atoms with Crippen LogP contribution < -0.4 is 14.8 Å². The number of morpholine rings is 1. The molecule has 1 fully saturated rings. The van der Waals surface area contributed by atoms with Gasteiger partial charge in [-0.15, -0.1) is 11.3 Å². The van der Waals surface area contributed by atoms with Crippen molar-refractivity contribution in [3.05, 3.63) is 58.7 Å². The van der Waals surface area contributed by atoms with E-state index >= 15 is 0 Å². The van der Waals surface area contributed by atoms with Crippen molar-refractivity contribution in [1.82, 2.24) is 14.9 Å². The predicted molar refractivity (Wildman–Crippen MR) is 113 cm³/mol. The number of amides is 1. The zero-order valence-electron chi connectivity index (χ0n) is 16.5. The van der Waals surface area contributed by atoms with E-state index in [1.54, 1.807) is 36.9 Å². The molecule has 9 heteroatoms. The second-order valence-electron chi connectivity index (χ2n) is 6.61. The van der Waals surface area contributed by atoms with Gasteiger partial charge in [0.25, 0.3) is 5.91 Å². The lowest BCUT2D eigenvalue weighted by atomic mass is 10.3. The summed E-state index contributed by atoms with van der Waals surface area (Å²) in [7, 11) is 1.58. The van der Waals surface area contributed by atoms with E-state index in [9.17, 15) is 4.79 Å². The number of nitrogens with zero attached hydrogens (tertiary/aromatic N) is 3. The number of methoxy groups -OCH3 is 1. The highest BCUT2D eigenvalue weighted by atomic mass is 32.1. The fourth-order valence-corrected chi connectivity index (χ4v) is 3.78. The maximum absolute atomic E-state index is 12.5. The summed E-state index contributed by atoms with van der Waals surface area (Å²) in [5.74, 6) is 1.33. The smallest absolute Gasteiger partial charge is 0.275 e. The Balaban J connectivity index is 1.34. The molecule has 0 saturated carbocycles. The van der Waals surface area contributed by atoms with Gasteiger partial charge in [-0.3, -0.25) is 9.69 Å². The number of ether oxygens (including phenoxy) is 3. The van der Waals surface area contributed by atoms with Gasteiger partial charge < -0.3 is 19.5 Å². The summed E-state index contributed by atoms with van der Waals surface area (Å²) in [5.41, 5.74) is 0.965. The van der Waals surface area contributed by atoms with Gasteiger partial charge in [0.15, 0.2) is 11.5 Å². The minimum Gasteiger partial charge on any atom is -0.493 e. The van der Waals surface area contributed by atoms with Gasteiger partial charge in [-0.25, -0.2) is 9.97 Å². The maximum atomic E-state index is 12.5. The molecular weight excluding hydrogens is 404 g/mol. The lowest BCUT2D eigenvalue weighted by molar-refractivity contribution is 0.0341. The summed E-state index contributed by atoms with van der Waals surface area (Å²) in [6.07, 6.45) is 1.55. The number of aromatic nitrogens is 2. The van der Waals surface area contributed by atoms with Crippen molar-refractivity contribution in [3.8, 4) is 17.4 Å². The Morgan fingerprint density at radius 2 is 2.00 bits per heavy atom. The first-order valence-electron chi connectivity index (χ1n) is 9.54. The first-order valence-corrected chi connectivity index (χ1v) is 10.4. The van der Waals surface area contributed by atoms with E-state index in [1.807, 2.05) is 18.2 Å². The van der Waals surface area contributed by atoms with Crippen molar-refractivity contribution in [2.75, 3.05) is 38.7 Å². The standard InChI is InChI=1S/C21H22N4O4S/c1-27-17-4-2-3-5-18(17)29-19-7-6-15(12-22-19)23-21(26)16-14-30-20(24-16)13-25-8-10-28-11-9-25/h2-7,12,14H,8-11,13H2,1H3,(H,23,26). The number of thiazole rings is 1. The van der Waals surface area contributed by atoms with E-state index in [4.69, 9.17) is 14.2 Å². The Kier molecular flexibility index (Phi) is 6.53. The van der Waals surface area contributed by atoms with Crippen LogP contribution in [0.2, 0.25) is 0 Å². The highest BCUT2D eigenvalue weighted by Crippen LogP contribution is 2.30. The van der Waals surface area contributed by atoms with Crippen LogP contribution >= 0.6 is 11.3 Å². The molecule has 2 aromatic heterocycles. The second kappa shape index (κ2) is 9.66. The third-order valence-electron chi connectivity index (χ3n) is 4.52. The molecule has 3 heterocycles. The Morgan fingerprint density at radius 3 is 2.73 bits per heavy atom. The van der Waals surface area contributed by atoms with E-state index in [0.29, 0.717) is 28.8 Å². The lowest BCUT2D eigenvalue weighted by Crippen LogP contribution is -2.35. The van der Waals surface area contributed by atoms with E-state index in [-0.39, 0.29) is 5.91 Å². The van der Waals surface area contributed by atoms with E-state index in [2.05, 4.69) is 20.2 Å². The third kappa shape index (κ3) is 5.12. The average molecular weight is 426 g/mol. The Bertz CT molecular complexity index is 987. The molecule has 1 N–H and O–H groups in total. The second-order valence-corrected chi connectivity index (χ2v) is 7.55. The van der Waals surface area contributed by atoms with Gasteiger partial charge in [0.2, 0.25) is 5.88 Å². The molecule has 1 aromatic carbocycles. The lowest BCUT2D eigenvalue weighted by Gasteiger charge is -2.25. The molecule has 30 heavy (non-hydrogen) atoms. The van der Waals surface area contributed by atoms with Crippen molar-refractivity contribution in [2.24, 2.45) is 0 Å². The Morgan fingerprint density at radius 1 is 1.20 bits per heavy atom. The average Bonchev–Trinajstić information content (AvgIpc) is 3.25. The van der Waals surface area contributed by atoms with Gasteiger partial charge in [0.1, 0.15) is 10.7 Å². The van der Waals surface area contributed by atoms with E-state index in [0.717, 1.165) is 37.9 Å². The highest BCUT2D eigenvalue weighted by molar-refractivity contribution is 7.09.